The zero-order chi connectivity index (χ0) is 28.7. The van der Waals surface area contributed by atoms with Crippen LogP contribution in [0, 0.1) is 5.41 Å². The van der Waals surface area contributed by atoms with Crippen LogP contribution in [0.5, 0.6) is 0 Å². The van der Waals surface area contributed by atoms with Crippen molar-refractivity contribution in [3.8, 4) is 22.3 Å². The van der Waals surface area contributed by atoms with Gasteiger partial charge in [-0.15, -0.1) is 0 Å². The highest BCUT2D eigenvalue weighted by Crippen LogP contribution is 2.47. The molecular weight excluding hydrogens is 532 g/mol. The number of benzene rings is 3. The van der Waals surface area contributed by atoms with Crippen LogP contribution < -0.4 is 16.4 Å². The molecule has 10 heteroatoms. The number of nitrogens with one attached hydrogen (secondary N) is 2. The van der Waals surface area contributed by atoms with Crippen LogP contribution in [0.2, 0.25) is 0 Å². The fourth-order valence-corrected chi connectivity index (χ4v) is 5.56. The number of hydrogen-bond acceptors (Lipinski definition) is 7. The Bertz CT molecular complexity index is 1760. The number of ether oxygens (including phenoxy) is 1. The number of rotatable bonds is 7. The zero-order valence-corrected chi connectivity index (χ0v) is 22.9. The molecule has 4 N–H and O–H groups in total. The van der Waals surface area contributed by atoms with Crippen LogP contribution in [0.3, 0.4) is 0 Å². The lowest BCUT2D eigenvalue weighted by atomic mass is 10.0. The Morgan fingerprint density at radius 2 is 1.50 bits per heavy atom. The van der Waals surface area contributed by atoms with Crippen molar-refractivity contribution in [2.75, 3.05) is 29.6 Å². The number of carbonyl (C=O) groups excluding carboxylic acids is 2. The van der Waals surface area contributed by atoms with E-state index in [1.807, 2.05) is 77.6 Å². The summed E-state index contributed by atoms with van der Waals surface area (Å²) < 4.78 is 12.7. The van der Waals surface area contributed by atoms with E-state index in [1.165, 1.54) is 0 Å². The SMILES string of the molecule is Nc1noc2cccc(-c3ccc(NC(=O)C4(C(=O)Nc5ccc(-c6cnn(C7CCOCC7)c6)cc5)CC4)cc3)c12. The zero-order valence-electron chi connectivity index (χ0n) is 22.9. The molecule has 0 atom stereocenters. The first kappa shape index (κ1) is 26.0. The molecule has 0 spiro atoms. The van der Waals surface area contributed by atoms with Crippen LogP contribution in [-0.4, -0.2) is 40.0 Å². The van der Waals surface area contributed by atoms with E-state index >= 15 is 0 Å². The number of anilines is 3. The van der Waals surface area contributed by atoms with Crippen molar-refractivity contribution < 1.29 is 18.8 Å². The predicted octanol–water partition coefficient (Wildman–Crippen LogP) is 5.65. The molecule has 1 aliphatic carbocycles. The Labute approximate surface area is 241 Å². The standard InChI is InChI=1S/C32H30N6O4/c33-29-28-26(2-1-3-27(28)42-37-29)21-6-10-24(11-7-21)36-31(40)32(14-15-32)30(39)35-23-8-4-20(5-9-23)22-18-34-38(19-22)25-12-16-41-17-13-25/h1-11,18-19,25H,12-17H2,(H2,33,37)(H,35,39)(H,36,40). The van der Waals surface area contributed by atoms with Crippen molar-refractivity contribution in [2.45, 2.75) is 31.7 Å². The molecule has 1 saturated carbocycles. The van der Waals surface area contributed by atoms with E-state index in [4.69, 9.17) is 15.0 Å². The van der Waals surface area contributed by atoms with Gasteiger partial charge < -0.3 is 25.6 Å². The van der Waals surface area contributed by atoms with E-state index in [-0.39, 0.29) is 11.8 Å². The second kappa shape index (κ2) is 10.5. The largest absolute Gasteiger partial charge is 0.381 e. The maximum atomic E-state index is 13.2. The number of nitrogens with two attached hydrogens (primary N) is 1. The van der Waals surface area contributed by atoms with Crippen molar-refractivity contribution in [3.63, 3.8) is 0 Å². The lowest BCUT2D eigenvalue weighted by Crippen LogP contribution is -2.35. The van der Waals surface area contributed by atoms with Gasteiger partial charge in [-0.25, -0.2) is 0 Å². The number of nitrogens with zero attached hydrogens (tertiary/aromatic N) is 3. The Kier molecular flexibility index (Phi) is 6.47. The van der Waals surface area contributed by atoms with Gasteiger partial charge in [0.05, 0.1) is 17.6 Å². The van der Waals surface area contributed by atoms with Gasteiger partial charge in [0.2, 0.25) is 11.8 Å². The summed E-state index contributed by atoms with van der Waals surface area (Å²) in [4.78, 5) is 26.4. The Morgan fingerprint density at radius 3 is 2.14 bits per heavy atom. The number of aromatic nitrogens is 3. The summed E-state index contributed by atoms with van der Waals surface area (Å²) in [6.07, 6.45) is 6.85. The van der Waals surface area contributed by atoms with Crippen molar-refractivity contribution in [1.82, 2.24) is 14.9 Å². The highest BCUT2D eigenvalue weighted by atomic mass is 16.5. The van der Waals surface area contributed by atoms with E-state index in [2.05, 4.69) is 27.1 Å². The van der Waals surface area contributed by atoms with Crippen LogP contribution in [0.1, 0.15) is 31.7 Å². The molecule has 1 saturated heterocycles. The molecule has 212 valence electrons. The molecule has 3 heterocycles. The number of amides is 2. The fourth-order valence-electron chi connectivity index (χ4n) is 5.56. The van der Waals surface area contributed by atoms with Gasteiger partial charge in [-0.3, -0.25) is 14.3 Å². The molecular formula is C32H30N6O4. The highest BCUT2D eigenvalue weighted by molar-refractivity contribution is 6.17. The lowest BCUT2D eigenvalue weighted by Gasteiger charge is -2.22. The van der Waals surface area contributed by atoms with E-state index in [0.717, 1.165) is 53.7 Å². The van der Waals surface area contributed by atoms with Crippen LogP contribution in [-0.2, 0) is 14.3 Å². The molecule has 0 bridgehead atoms. The number of nitrogen functional groups attached to an aromatic ring is 1. The Hall–Kier alpha value is -4.96. The third kappa shape index (κ3) is 4.79. The van der Waals surface area contributed by atoms with E-state index in [0.29, 0.717) is 41.7 Å². The minimum Gasteiger partial charge on any atom is -0.381 e. The highest BCUT2D eigenvalue weighted by Gasteiger charge is 2.56. The third-order valence-corrected chi connectivity index (χ3v) is 8.24. The molecule has 5 aromatic rings. The lowest BCUT2D eigenvalue weighted by molar-refractivity contribution is -0.131. The average Bonchev–Trinajstić information content (AvgIpc) is 3.55. The summed E-state index contributed by atoms with van der Waals surface area (Å²) in [5.74, 6) is -0.280. The van der Waals surface area contributed by atoms with Crippen molar-refractivity contribution in [2.24, 2.45) is 5.41 Å². The molecule has 3 aromatic carbocycles. The minimum absolute atomic E-state index is 0.300. The molecule has 42 heavy (non-hydrogen) atoms. The minimum atomic E-state index is -1.08. The summed E-state index contributed by atoms with van der Waals surface area (Å²) in [5, 5.41) is 15.0. The quantitative estimate of drug-likeness (QED) is 0.218. The van der Waals surface area contributed by atoms with Gasteiger partial charge in [0.1, 0.15) is 5.41 Å². The first-order chi connectivity index (χ1) is 20.5. The van der Waals surface area contributed by atoms with E-state index < -0.39 is 5.41 Å². The summed E-state index contributed by atoms with van der Waals surface area (Å²) >= 11 is 0. The molecule has 2 fully saturated rings. The van der Waals surface area contributed by atoms with Gasteiger partial charge in [-0.1, -0.05) is 41.6 Å². The van der Waals surface area contributed by atoms with E-state index in [1.54, 1.807) is 0 Å². The second-order valence-electron chi connectivity index (χ2n) is 10.9. The summed E-state index contributed by atoms with van der Waals surface area (Å²) in [5.41, 5.74) is 10.6. The summed E-state index contributed by atoms with van der Waals surface area (Å²) in [7, 11) is 0. The van der Waals surface area contributed by atoms with Gasteiger partial charge in [0.25, 0.3) is 0 Å². The maximum Gasteiger partial charge on any atom is 0.240 e. The van der Waals surface area contributed by atoms with Crippen molar-refractivity contribution in [1.29, 1.82) is 0 Å². The van der Waals surface area contributed by atoms with Gasteiger partial charge in [-0.2, -0.15) is 5.10 Å². The smallest absolute Gasteiger partial charge is 0.240 e. The van der Waals surface area contributed by atoms with Gasteiger partial charge in [0.15, 0.2) is 11.4 Å². The molecule has 0 radical (unpaired) electrons. The molecule has 10 nitrogen and oxygen atoms in total. The first-order valence-electron chi connectivity index (χ1n) is 14.1. The molecule has 0 unspecified atom stereocenters. The number of carbonyl (C=O) groups is 2. The van der Waals surface area contributed by atoms with Gasteiger partial charge >= 0.3 is 0 Å². The monoisotopic (exact) mass is 562 g/mol. The number of hydrogen-bond donors (Lipinski definition) is 3. The Balaban J connectivity index is 0.993. The molecule has 2 aliphatic rings. The molecule has 2 aromatic heterocycles. The van der Waals surface area contributed by atoms with Crippen LogP contribution >= 0.6 is 0 Å². The predicted molar refractivity (Wildman–Crippen MR) is 160 cm³/mol. The average molecular weight is 563 g/mol. The topological polar surface area (TPSA) is 137 Å². The van der Waals surface area contributed by atoms with Gasteiger partial charge in [-0.05, 0) is 72.7 Å². The first-order valence-corrected chi connectivity index (χ1v) is 14.1. The second-order valence-corrected chi connectivity index (χ2v) is 10.9. The fraction of sp³-hybridized carbons (Fsp3) is 0.250. The number of fused-ring (bicyclic) bond motifs is 1. The third-order valence-electron chi connectivity index (χ3n) is 8.24. The Morgan fingerprint density at radius 1 is 0.857 bits per heavy atom. The van der Waals surface area contributed by atoms with Crippen LogP contribution in [0.4, 0.5) is 17.2 Å². The normalized spacial score (nSPS) is 16.3. The molecule has 2 amide bonds. The maximum absolute atomic E-state index is 13.2. The van der Waals surface area contributed by atoms with Crippen LogP contribution in [0.15, 0.2) is 83.6 Å². The van der Waals surface area contributed by atoms with Gasteiger partial charge in [0, 0.05) is 36.3 Å². The van der Waals surface area contributed by atoms with Crippen LogP contribution in [0.25, 0.3) is 33.2 Å². The van der Waals surface area contributed by atoms with E-state index in [9.17, 15) is 9.59 Å². The molecule has 7 rings (SSSR count). The summed E-state index contributed by atoms with van der Waals surface area (Å²) in [6.45, 7) is 1.52. The van der Waals surface area contributed by atoms with Crippen molar-refractivity contribution >= 4 is 40.0 Å². The summed E-state index contributed by atoms with van der Waals surface area (Å²) in [6, 6.07) is 21.0. The van der Waals surface area contributed by atoms with Crippen molar-refractivity contribution in [3.05, 3.63) is 79.1 Å². The molecule has 1 aliphatic heterocycles.